The molecule has 0 bridgehead atoms. The number of rotatable bonds is 7. The van der Waals surface area contributed by atoms with Crippen LogP contribution >= 0.6 is 11.6 Å². The zero-order valence-electron chi connectivity index (χ0n) is 15.0. The predicted molar refractivity (Wildman–Crippen MR) is 103 cm³/mol. The van der Waals surface area contributed by atoms with Gasteiger partial charge in [-0.05, 0) is 42.9 Å². The topological polar surface area (TPSA) is 87.6 Å². The molecule has 2 aliphatic rings. The minimum atomic E-state index is -1.06. The highest BCUT2D eigenvalue weighted by Crippen LogP contribution is 2.45. The second-order valence-electron chi connectivity index (χ2n) is 6.95. The molecule has 2 heterocycles. The normalized spacial score (nSPS) is 20.3. The smallest absolute Gasteiger partial charge is 0.341 e. The fourth-order valence-electron chi connectivity index (χ4n) is 3.49. The molecule has 2 N–H and O–H groups in total. The lowest BCUT2D eigenvalue weighted by molar-refractivity contribution is 0.0697. The number of benzene rings is 1. The van der Waals surface area contributed by atoms with Crippen molar-refractivity contribution in [3.8, 4) is 5.75 Å². The van der Waals surface area contributed by atoms with Crippen molar-refractivity contribution in [2.24, 2.45) is 11.8 Å². The van der Waals surface area contributed by atoms with Crippen LogP contribution in [0.1, 0.15) is 29.3 Å². The molecule has 0 spiro atoms. The van der Waals surface area contributed by atoms with E-state index in [9.17, 15) is 9.90 Å². The molecule has 2 aromatic rings. The molecule has 0 radical (unpaired) electrons. The third-order valence-electron chi connectivity index (χ3n) is 5.02. The quantitative estimate of drug-likeness (QED) is 0.752. The number of carbonyl (C=O) groups is 1. The Hall–Kier alpha value is -2.54. The predicted octanol–water partition coefficient (Wildman–Crippen LogP) is 3.30. The SMILES string of the molecule is CCOc1ccc(CNc2nc(N3CC4CC4C3)ncc2C(=O)O)cc1Cl. The fraction of sp³-hybridized carbons (Fsp3) is 0.421. The van der Waals surface area contributed by atoms with Gasteiger partial charge in [-0.3, -0.25) is 0 Å². The van der Waals surface area contributed by atoms with Gasteiger partial charge in [-0.15, -0.1) is 0 Å². The van der Waals surface area contributed by atoms with Crippen LogP contribution in [0.15, 0.2) is 24.4 Å². The van der Waals surface area contributed by atoms with Gasteiger partial charge in [-0.25, -0.2) is 9.78 Å². The summed E-state index contributed by atoms with van der Waals surface area (Å²) >= 11 is 6.22. The van der Waals surface area contributed by atoms with E-state index in [4.69, 9.17) is 16.3 Å². The van der Waals surface area contributed by atoms with E-state index in [1.54, 1.807) is 6.07 Å². The number of hydrogen-bond donors (Lipinski definition) is 2. The highest BCUT2D eigenvalue weighted by molar-refractivity contribution is 6.32. The number of fused-ring (bicyclic) bond motifs is 1. The van der Waals surface area contributed by atoms with Crippen molar-refractivity contribution < 1.29 is 14.6 Å². The Labute approximate surface area is 162 Å². The number of anilines is 2. The molecule has 1 saturated heterocycles. The number of nitrogens with zero attached hydrogens (tertiary/aromatic N) is 3. The van der Waals surface area contributed by atoms with E-state index < -0.39 is 5.97 Å². The van der Waals surface area contributed by atoms with Crippen LogP contribution in [0.25, 0.3) is 0 Å². The molecule has 7 nitrogen and oxygen atoms in total. The number of aromatic carboxylic acids is 1. The van der Waals surface area contributed by atoms with Gasteiger partial charge in [-0.1, -0.05) is 17.7 Å². The Kier molecular flexibility index (Phi) is 4.78. The van der Waals surface area contributed by atoms with Gasteiger partial charge in [0.1, 0.15) is 17.1 Å². The van der Waals surface area contributed by atoms with Crippen LogP contribution < -0.4 is 15.0 Å². The number of ether oxygens (including phenoxy) is 1. The van der Waals surface area contributed by atoms with Crippen molar-refractivity contribution in [3.63, 3.8) is 0 Å². The van der Waals surface area contributed by atoms with E-state index in [0.29, 0.717) is 35.7 Å². The Bertz CT molecular complexity index is 866. The van der Waals surface area contributed by atoms with Gasteiger partial charge in [0.15, 0.2) is 0 Å². The average molecular weight is 389 g/mol. The largest absolute Gasteiger partial charge is 0.492 e. The summed E-state index contributed by atoms with van der Waals surface area (Å²) in [6.07, 6.45) is 2.66. The highest BCUT2D eigenvalue weighted by Gasteiger charge is 2.45. The Morgan fingerprint density at radius 2 is 2.19 bits per heavy atom. The number of hydrogen-bond acceptors (Lipinski definition) is 6. The van der Waals surface area contributed by atoms with Gasteiger partial charge in [0.05, 0.1) is 11.6 Å². The van der Waals surface area contributed by atoms with Crippen molar-refractivity contribution in [1.82, 2.24) is 9.97 Å². The van der Waals surface area contributed by atoms with Gasteiger partial charge in [0.2, 0.25) is 5.95 Å². The van der Waals surface area contributed by atoms with Crippen molar-refractivity contribution in [3.05, 3.63) is 40.5 Å². The molecule has 4 rings (SSSR count). The summed E-state index contributed by atoms with van der Waals surface area (Å²) in [6.45, 7) is 4.74. The maximum absolute atomic E-state index is 11.5. The highest BCUT2D eigenvalue weighted by atomic mass is 35.5. The van der Waals surface area contributed by atoms with E-state index in [0.717, 1.165) is 30.5 Å². The van der Waals surface area contributed by atoms with Crippen LogP contribution in [0, 0.1) is 11.8 Å². The third kappa shape index (κ3) is 3.78. The average Bonchev–Trinajstić information content (AvgIpc) is 3.27. The Morgan fingerprint density at radius 1 is 1.41 bits per heavy atom. The fourth-order valence-corrected chi connectivity index (χ4v) is 3.75. The summed E-state index contributed by atoms with van der Waals surface area (Å²) in [5.74, 6) is 1.96. The molecule has 2 atom stereocenters. The van der Waals surface area contributed by atoms with Gasteiger partial charge in [0.25, 0.3) is 0 Å². The first-order chi connectivity index (χ1) is 13.0. The van der Waals surface area contributed by atoms with E-state index in [1.807, 2.05) is 19.1 Å². The molecular formula is C19H21ClN4O3. The van der Waals surface area contributed by atoms with Crippen LogP contribution in [0.3, 0.4) is 0 Å². The van der Waals surface area contributed by atoms with Crippen LogP contribution in [-0.4, -0.2) is 40.7 Å². The zero-order valence-corrected chi connectivity index (χ0v) is 15.7. The Morgan fingerprint density at radius 3 is 2.85 bits per heavy atom. The molecule has 0 amide bonds. The number of piperidine rings is 1. The number of nitrogens with one attached hydrogen (secondary N) is 1. The first kappa shape index (κ1) is 17.9. The number of carboxylic acids is 1. The van der Waals surface area contributed by atoms with Gasteiger partial charge in [-0.2, -0.15) is 4.98 Å². The summed E-state index contributed by atoms with van der Waals surface area (Å²) in [5, 5.41) is 13.1. The second-order valence-corrected chi connectivity index (χ2v) is 7.36. The number of aromatic nitrogens is 2. The molecule has 1 saturated carbocycles. The van der Waals surface area contributed by atoms with Crippen molar-refractivity contribution in [2.75, 3.05) is 29.9 Å². The van der Waals surface area contributed by atoms with Gasteiger partial charge < -0.3 is 20.1 Å². The van der Waals surface area contributed by atoms with Crippen molar-refractivity contribution in [1.29, 1.82) is 0 Å². The van der Waals surface area contributed by atoms with E-state index >= 15 is 0 Å². The van der Waals surface area contributed by atoms with Crippen molar-refractivity contribution in [2.45, 2.75) is 19.9 Å². The standard InChI is InChI=1S/C19H21ClN4O3/c1-2-27-16-4-3-11(5-15(16)20)7-21-17-14(18(25)26)8-22-19(23-17)24-9-12-6-13(12)10-24/h3-5,8,12-13H,2,6-7,9-10H2,1H3,(H,25,26)(H,21,22,23). The lowest BCUT2D eigenvalue weighted by Gasteiger charge is -2.19. The second kappa shape index (κ2) is 7.23. The van der Waals surface area contributed by atoms with E-state index in [2.05, 4.69) is 20.2 Å². The minimum absolute atomic E-state index is 0.0557. The summed E-state index contributed by atoms with van der Waals surface area (Å²) in [7, 11) is 0. The molecule has 2 fully saturated rings. The maximum Gasteiger partial charge on any atom is 0.341 e. The van der Waals surface area contributed by atoms with Crippen LogP contribution in [0.2, 0.25) is 5.02 Å². The maximum atomic E-state index is 11.5. The van der Waals surface area contributed by atoms with Gasteiger partial charge in [0, 0.05) is 25.8 Å². The molecule has 1 aliphatic heterocycles. The molecule has 2 unspecified atom stereocenters. The molecule has 27 heavy (non-hydrogen) atoms. The summed E-state index contributed by atoms with van der Waals surface area (Å²) in [4.78, 5) is 22.4. The minimum Gasteiger partial charge on any atom is -0.492 e. The summed E-state index contributed by atoms with van der Waals surface area (Å²) < 4.78 is 5.43. The molecule has 142 valence electrons. The van der Waals surface area contributed by atoms with Crippen LogP contribution in [-0.2, 0) is 6.54 Å². The zero-order chi connectivity index (χ0) is 19.0. The number of carboxylic acid groups (broad SMARTS) is 1. The van der Waals surface area contributed by atoms with Crippen LogP contribution in [0.5, 0.6) is 5.75 Å². The lowest BCUT2D eigenvalue weighted by atomic mass is 10.2. The van der Waals surface area contributed by atoms with Crippen molar-refractivity contribution >= 4 is 29.3 Å². The molecular weight excluding hydrogens is 368 g/mol. The molecule has 1 aromatic carbocycles. The first-order valence-corrected chi connectivity index (χ1v) is 9.43. The number of halogens is 1. The molecule has 1 aliphatic carbocycles. The summed E-state index contributed by atoms with van der Waals surface area (Å²) in [5.41, 5.74) is 0.961. The monoisotopic (exact) mass is 388 g/mol. The Balaban J connectivity index is 1.51. The van der Waals surface area contributed by atoms with E-state index in [1.165, 1.54) is 12.6 Å². The lowest BCUT2D eigenvalue weighted by Crippen LogP contribution is -2.25. The third-order valence-corrected chi connectivity index (χ3v) is 5.32. The van der Waals surface area contributed by atoms with Gasteiger partial charge >= 0.3 is 5.97 Å². The van der Waals surface area contributed by atoms with E-state index in [-0.39, 0.29) is 5.56 Å². The molecule has 8 heteroatoms. The van der Waals surface area contributed by atoms with Crippen LogP contribution in [0.4, 0.5) is 11.8 Å². The summed E-state index contributed by atoms with van der Waals surface area (Å²) in [6, 6.07) is 5.50. The first-order valence-electron chi connectivity index (χ1n) is 9.05. The molecule has 1 aromatic heterocycles.